The van der Waals surface area contributed by atoms with Gasteiger partial charge in [0.25, 0.3) is 0 Å². The molecule has 0 saturated carbocycles. The monoisotopic (exact) mass is 337 g/mol. The molecular weight excluding hydrogens is 314 g/mol. The van der Waals surface area contributed by atoms with Gasteiger partial charge in [-0.25, -0.2) is 4.98 Å². The van der Waals surface area contributed by atoms with Crippen LogP contribution in [0.25, 0.3) is 33.3 Å². The van der Waals surface area contributed by atoms with Crippen molar-refractivity contribution in [1.29, 1.82) is 0 Å². The minimum absolute atomic E-state index is 0.161. The Labute approximate surface area is 155 Å². The maximum Gasteiger partial charge on any atom is 0.0715 e. The van der Waals surface area contributed by atoms with Crippen LogP contribution in [-0.4, -0.2) is 4.98 Å². The number of hydrogen-bond donors (Lipinski definition) is 0. The summed E-state index contributed by atoms with van der Waals surface area (Å²) in [5.74, 6) is 0. The van der Waals surface area contributed by atoms with E-state index in [2.05, 4.69) is 99.6 Å². The fourth-order valence-electron chi connectivity index (χ4n) is 3.32. The number of hydrogen-bond acceptors (Lipinski definition) is 1. The summed E-state index contributed by atoms with van der Waals surface area (Å²) in [4.78, 5) is 4.89. The van der Waals surface area contributed by atoms with Gasteiger partial charge in [0.15, 0.2) is 0 Å². The Morgan fingerprint density at radius 1 is 0.654 bits per heavy atom. The van der Waals surface area contributed by atoms with Crippen LogP contribution in [0.1, 0.15) is 26.3 Å². The second kappa shape index (κ2) is 6.42. The van der Waals surface area contributed by atoms with Gasteiger partial charge in [0, 0.05) is 10.9 Å². The zero-order chi connectivity index (χ0) is 18.1. The maximum atomic E-state index is 4.89. The number of para-hydroxylation sites is 1. The molecule has 1 heteroatoms. The molecule has 26 heavy (non-hydrogen) atoms. The first-order chi connectivity index (χ1) is 12.5. The highest BCUT2D eigenvalue weighted by molar-refractivity contribution is 5.96. The Morgan fingerprint density at radius 3 is 2.00 bits per heavy atom. The van der Waals surface area contributed by atoms with Gasteiger partial charge in [0.1, 0.15) is 0 Å². The molecule has 0 fully saturated rings. The quantitative estimate of drug-likeness (QED) is 0.389. The van der Waals surface area contributed by atoms with E-state index >= 15 is 0 Å². The number of rotatable bonds is 2. The first-order valence-corrected chi connectivity index (χ1v) is 9.08. The Balaban J connectivity index is 1.91. The highest BCUT2D eigenvalue weighted by atomic mass is 14.7. The van der Waals surface area contributed by atoms with Crippen LogP contribution in [0.4, 0.5) is 0 Å². The second-order valence-corrected chi connectivity index (χ2v) is 7.77. The Hall–Kier alpha value is -2.93. The summed E-state index contributed by atoms with van der Waals surface area (Å²) in [6.07, 6.45) is 0. The zero-order valence-corrected chi connectivity index (χ0v) is 15.5. The van der Waals surface area contributed by atoms with Gasteiger partial charge in [-0.05, 0) is 34.2 Å². The summed E-state index contributed by atoms with van der Waals surface area (Å²) < 4.78 is 0. The highest BCUT2D eigenvalue weighted by Crippen LogP contribution is 2.33. The van der Waals surface area contributed by atoms with E-state index in [4.69, 9.17) is 4.98 Å². The molecule has 0 bridgehead atoms. The van der Waals surface area contributed by atoms with E-state index in [-0.39, 0.29) is 5.41 Å². The zero-order valence-electron chi connectivity index (χ0n) is 15.5. The molecule has 128 valence electrons. The van der Waals surface area contributed by atoms with E-state index in [1.165, 1.54) is 22.1 Å². The molecule has 1 nitrogen and oxygen atoms in total. The molecule has 0 N–H and O–H groups in total. The Kier molecular flexibility index (Phi) is 4.08. The van der Waals surface area contributed by atoms with Gasteiger partial charge in [-0.1, -0.05) is 93.6 Å². The summed E-state index contributed by atoms with van der Waals surface area (Å²) in [5.41, 5.74) is 7.16. The van der Waals surface area contributed by atoms with Gasteiger partial charge < -0.3 is 0 Å². The van der Waals surface area contributed by atoms with Crippen LogP contribution in [0.5, 0.6) is 0 Å². The molecule has 1 aromatic heterocycles. The van der Waals surface area contributed by atoms with Crippen molar-refractivity contribution in [2.24, 2.45) is 0 Å². The van der Waals surface area contributed by atoms with Gasteiger partial charge in [-0.3, -0.25) is 0 Å². The third kappa shape index (κ3) is 3.13. The highest BCUT2D eigenvalue weighted by Gasteiger charge is 2.14. The molecule has 0 atom stereocenters. The van der Waals surface area contributed by atoms with Crippen molar-refractivity contribution >= 4 is 10.9 Å². The van der Waals surface area contributed by atoms with E-state index in [0.29, 0.717) is 0 Å². The van der Waals surface area contributed by atoms with Crippen LogP contribution in [0.3, 0.4) is 0 Å². The van der Waals surface area contributed by atoms with Gasteiger partial charge in [-0.15, -0.1) is 0 Å². The van der Waals surface area contributed by atoms with Crippen molar-refractivity contribution < 1.29 is 0 Å². The molecule has 0 amide bonds. The number of fused-ring (bicyclic) bond motifs is 1. The van der Waals surface area contributed by atoms with Crippen LogP contribution in [0, 0.1) is 0 Å². The first kappa shape index (κ1) is 16.5. The smallest absolute Gasteiger partial charge is 0.0715 e. The molecule has 0 aliphatic heterocycles. The van der Waals surface area contributed by atoms with E-state index in [1.807, 2.05) is 6.07 Å². The first-order valence-electron chi connectivity index (χ1n) is 9.08. The Morgan fingerprint density at radius 2 is 1.31 bits per heavy atom. The summed E-state index contributed by atoms with van der Waals surface area (Å²) in [6.45, 7) is 6.74. The van der Waals surface area contributed by atoms with E-state index < -0.39 is 0 Å². The number of benzene rings is 3. The van der Waals surface area contributed by atoms with E-state index in [9.17, 15) is 0 Å². The topological polar surface area (TPSA) is 12.9 Å². The van der Waals surface area contributed by atoms with Crippen molar-refractivity contribution in [2.45, 2.75) is 26.2 Å². The van der Waals surface area contributed by atoms with Gasteiger partial charge in [0.2, 0.25) is 0 Å². The summed E-state index contributed by atoms with van der Waals surface area (Å²) >= 11 is 0. The molecule has 4 rings (SSSR count). The SMILES string of the molecule is CC(C)(C)c1ccc(-c2cc(-c3ccccc3)nc3ccccc23)cc1. The molecular formula is C25H23N. The van der Waals surface area contributed by atoms with Crippen molar-refractivity contribution in [2.75, 3.05) is 0 Å². The van der Waals surface area contributed by atoms with E-state index in [1.54, 1.807) is 0 Å². The van der Waals surface area contributed by atoms with Gasteiger partial charge in [-0.2, -0.15) is 0 Å². The number of nitrogens with zero attached hydrogens (tertiary/aromatic N) is 1. The average Bonchev–Trinajstić information content (AvgIpc) is 2.67. The molecule has 0 saturated heterocycles. The number of pyridine rings is 1. The summed E-state index contributed by atoms with van der Waals surface area (Å²) in [7, 11) is 0. The molecule has 3 aromatic carbocycles. The lowest BCUT2D eigenvalue weighted by atomic mass is 9.86. The predicted molar refractivity (Wildman–Crippen MR) is 111 cm³/mol. The largest absolute Gasteiger partial charge is 0.248 e. The van der Waals surface area contributed by atoms with Crippen molar-refractivity contribution in [1.82, 2.24) is 4.98 Å². The van der Waals surface area contributed by atoms with Crippen molar-refractivity contribution in [3.63, 3.8) is 0 Å². The van der Waals surface area contributed by atoms with Crippen LogP contribution in [-0.2, 0) is 5.41 Å². The molecule has 0 unspecified atom stereocenters. The van der Waals surface area contributed by atoms with Crippen molar-refractivity contribution in [3.8, 4) is 22.4 Å². The lowest BCUT2D eigenvalue weighted by Gasteiger charge is -2.19. The normalized spacial score (nSPS) is 11.7. The molecule has 0 aliphatic carbocycles. The minimum atomic E-state index is 0.161. The maximum absolute atomic E-state index is 4.89. The fraction of sp³-hybridized carbons (Fsp3) is 0.160. The molecule has 4 aromatic rings. The molecule has 1 heterocycles. The average molecular weight is 337 g/mol. The van der Waals surface area contributed by atoms with Gasteiger partial charge in [0.05, 0.1) is 11.2 Å². The molecule has 0 radical (unpaired) electrons. The van der Waals surface area contributed by atoms with Crippen LogP contribution < -0.4 is 0 Å². The Bertz CT molecular complexity index is 1040. The third-order valence-electron chi connectivity index (χ3n) is 4.85. The third-order valence-corrected chi connectivity index (χ3v) is 4.85. The minimum Gasteiger partial charge on any atom is -0.248 e. The van der Waals surface area contributed by atoms with Crippen LogP contribution in [0.2, 0.25) is 0 Å². The van der Waals surface area contributed by atoms with Gasteiger partial charge >= 0.3 is 0 Å². The lowest BCUT2D eigenvalue weighted by Crippen LogP contribution is -2.10. The fourth-order valence-corrected chi connectivity index (χ4v) is 3.32. The van der Waals surface area contributed by atoms with Crippen LogP contribution >= 0.6 is 0 Å². The molecule has 0 spiro atoms. The predicted octanol–water partition coefficient (Wildman–Crippen LogP) is 6.87. The van der Waals surface area contributed by atoms with E-state index in [0.717, 1.165) is 16.8 Å². The van der Waals surface area contributed by atoms with Crippen molar-refractivity contribution in [3.05, 3.63) is 90.5 Å². The second-order valence-electron chi connectivity index (χ2n) is 7.77. The number of aromatic nitrogens is 1. The standard InChI is InChI=1S/C25H23N/c1-25(2,3)20-15-13-18(14-16-20)22-17-24(19-9-5-4-6-10-19)26-23-12-8-7-11-21(22)23/h4-17H,1-3H3. The summed E-state index contributed by atoms with van der Waals surface area (Å²) in [6, 6.07) is 29.9. The summed E-state index contributed by atoms with van der Waals surface area (Å²) in [5, 5.41) is 1.19. The lowest BCUT2D eigenvalue weighted by molar-refractivity contribution is 0.590. The van der Waals surface area contributed by atoms with Crippen LogP contribution in [0.15, 0.2) is 84.9 Å². The molecule has 0 aliphatic rings.